The lowest BCUT2D eigenvalue weighted by Crippen LogP contribution is -2.47. The lowest BCUT2D eigenvalue weighted by molar-refractivity contribution is -0.120. The maximum Gasteiger partial charge on any atom is 0.239 e. The number of hydrogen-bond donors (Lipinski definition) is 3. The topological polar surface area (TPSA) is 68.8 Å². The molecule has 1 heterocycles. The molecule has 1 saturated heterocycles. The molecule has 26 heavy (non-hydrogen) atoms. The van der Waals surface area contributed by atoms with Gasteiger partial charge in [0.1, 0.15) is 0 Å². The lowest BCUT2D eigenvalue weighted by Gasteiger charge is -2.28. The normalized spacial score (nSPS) is 14.7. The lowest BCUT2D eigenvalue weighted by atomic mass is 10.2. The van der Waals surface area contributed by atoms with Gasteiger partial charge in [0.25, 0.3) is 0 Å². The number of hydrogen-bond acceptors (Lipinski definition) is 3. The summed E-state index contributed by atoms with van der Waals surface area (Å²) in [5.74, 6) is 0.848. The van der Waals surface area contributed by atoms with E-state index in [0.717, 1.165) is 30.3 Å². The molecule has 0 spiro atoms. The summed E-state index contributed by atoms with van der Waals surface area (Å²) in [6.07, 6.45) is 0. The molecule has 1 fully saturated rings. The largest absolute Gasteiger partial charge is 0.360 e. The van der Waals surface area contributed by atoms with Crippen molar-refractivity contribution in [3.8, 4) is 0 Å². The molecule has 0 aliphatic carbocycles. The minimum Gasteiger partial charge on any atom is -0.360 e. The number of guanidine groups is 1. The molecule has 0 unspecified atom stereocenters. The molecular weight excluding hydrogens is 326 g/mol. The number of rotatable bonds is 5. The van der Waals surface area contributed by atoms with Crippen molar-refractivity contribution in [1.82, 2.24) is 16.0 Å². The molecule has 1 amide bonds. The third-order valence-corrected chi connectivity index (χ3v) is 4.33. The summed E-state index contributed by atoms with van der Waals surface area (Å²) in [5.41, 5.74) is 3.46. The van der Waals surface area contributed by atoms with Gasteiger partial charge in [-0.05, 0) is 23.3 Å². The minimum absolute atomic E-state index is 0.0790. The van der Waals surface area contributed by atoms with Gasteiger partial charge in [-0.3, -0.25) is 9.79 Å². The van der Waals surface area contributed by atoms with Crippen molar-refractivity contribution in [2.75, 3.05) is 31.6 Å². The fourth-order valence-electron chi connectivity index (χ4n) is 2.87. The Bertz CT molecular complexity index is 743. The van der Waals surface area contributed by atoms with Crippen LogP contribution in [0.4, 0.5) is 5.69 Å². The Morgan fingerprint density at radius 2 is 1.69 bits per heavy atom. The number of anilines is 1. The van der Waals surface area contributed by atoms with Crippen LogP contribution in [-0.2, 0) is 17.9 Å². The third kappa shape index (κ3) is 4.99. The van der Waals surface area contributed by atoms with E-state index < -0.39 is 0 Å². The van der Waals surface area contributed by atoms with Crippen molar-refractivity contribution in [2.24, 2.45) is 4.99 Å². The molecule has 6 heteroatoms. The molecule has 1 aliphatic rings. The van der Waals surface area contributed by atoms with E-state index in [2.05, 4.69) is 62.2 Å². The number of amides is 1. The summed E-state index contributed by atoms with van der Waals surface area (Å²) in [6, 6.07) is 18.5. The molecule has 2 aromatic carbocycles. The molecule has 136 valence electrons. The molecule has 2 aromatic rings. The first-order chi connectivity index (χ1) is 12.7. The fourth-order valence-corrected chi connectivity index (χ4v) is 2.87. The van der Waals surface area contributed by atoms with Crippen LogP contribution >= 0.6 is 0 Å². The second kappa shape index (κ2) is 8.89. The first-order valence-electron chi connectivity index (χ1n) is 8.83. The van der Waals surface area contributed by atoms with Crippen LogP contribution in [0, 0.1) is 0 Å². The molecule has 0 radical (unpaired) electrons. The summed E-state index contributed by atoms with van der Waals surface area (Å²) in [4.78, 5) is 17.9. The fraction of sp³-hybridized carbons (Fsp3) is 0.300. The van der Waals surface area contributed by atoms with Crippen molar-refractivity contribution in [1.29, 1.82) is 0 Å². The van der Waals surface area contributed by atoms with Crippen LogP contribution in [0.3, 0.4) is 0 Å². The van der Waals surface area contributed by atoms with Crippen LogP contribution in [0.5, 0.6) is 0 Å². The highest BCUT2D eigenvalue weighted by Crippen LogP contribution is 2.16. The monoisotopic (exact) mass is 351 g/mol. The zero-order valence-corrected chi connectivity index (χ0v) is 15.0. The summed E-state index contributed by atoms with van der Waals surface area (Å²) in [7, 11) is 1.77. The number of benzene rings is 2. The maximum absolute atomic E-state index is 11.5. The van der Waals surface area contributed by atoms with Crippen LogP contribution in [0.2, 0.25) is 0 Å². The van der Waals surface area contributed by atoms with Gasteiger partial charge < -0.3 is 20.9 Å². The quantitative estimate of drug-likeness (QED) is 0.564. The van der Waals surface area contributed by atoms with Gasteiger partial charge in [-0.15, -0.1) is 0 Å². The minimum atomic E-state index is 0.0790. The molecule has 1 aliphatic heterocycles. The van der Waals surface area contributed by atoms with E-state index in [4.69, 9.17) is 0 Å². The van der Waals surface area contributed by atoms with Crippen LogP contribution < -0.4 is 20.9 Å². The zero-order valence-electron chi connectivity index (χ0n) is 15.0. The summed E-state index contributed by atoms with van der Waals surface area (Å²) in [6.45, 7) is 3.39. The third-order valence-electron chi connectivity index (χ3n) is 4.33. The Labute approximate surface area is 154 Å². The smallest absolute Gasteiger partial charge is 0.239 e. The molecule has 0 bridgehead atoms. The summed E-state index contributed by atoms with van der Waals surface area (Å²) in [5, 5.41) is 9.48. The Morgan fingerprint density at radius 3 is 2.31 bits per heavy atom. The average molecular weight is 351 g/mol. The number of nitrogens with zero attached hydrogens (tertiary/aromatic N) is 2. The predicted molar refractivity (Wildman–Crippen MR) is 105 cm³/mol. The molecule has 0 saturated carbocycles. The van der Waals surface area contributed by atoms with Crippen molar-refractivity contribution in [2.45, 2.75) is 13.1 Å². The van der Waals surface area contributed by atoms with Crippen molar-refractivity contribution in [3.05, 3.63) is 65.7 Å². The number of aliphatic imine (C=N–C) groups is 1. The highest BCUT2D eigenvalue weighted by molar-refractivity contribution is 5.82. The summed E-state index contributed by atoms with van der Waals surface area (Å²) >= 11 is 0. The zero-order chi connectivity index (χ0) is 18.2. The molecule has 0 aromatic heterocycles. The highest BCUT2D eigenvalue weighted by Gasteiger charge is 2.16. The van der Waals surface area contributed by atoms with Crippen LogP contribution in [0.25, 0.3) is 0 Å². The maximum atomic E-state index is 11.5. The molecule has 3 N–H and O–H groups in total. The molecule has 6 nitrogen and oxygen atoms in total. The number of carbonyl (C=O) groups excluding carboxylic acids is 1. The number of carbonyl (C=O) groups is 1. The Balaban J connectivity index is 1.49. The standard InChI is InChI=1S/C20H25N5O/c1-21-20(23-13-16-5-3-2-4-6-16)24-14-17-7-9-18(10-8-17)25-12-11-22-19(26)15-25/h2-10H,11-15H2,1H3,(H,22,26)(H2,21,23,24). The SMILES string of the molecule is CN=C(NCc1ccccc1)NCc1ccc(N2CCNC(=O)C2)cc1. The van der Waals surface area contributed by atoms with Crippen LogP contribution in [0.1, 0.15) is 11.1 Å². The second-order valence-electron chi connectivity index (χ2n) is 6.20. The number of piperazine rings is 1. The van der Waals surface area contributed by atoms with Gasteiger partial charge in [-0.2, -0.15) is 0 Å². The van der Waals surface area contributed by atoms with E-state index >= 15 is 0 Å². The average Bonchev–Trinajstić information content (AvgIpc) is 2.69. The first kappa shape index (κ1) is 17.8. The van der Waals surface area contributed by atoms with E-state index in [1.807, 2.05) is 18.2 Å². The Hall–Kier alpha value is -3.02. The van der Waals surface area contributed by atoms with Gasteiger partial charge in [0.2, 0.25) is 5.91 Å². The van der Waals surface area contributed by atoms with Crippen molar-refractivity contribution >= 4 is 17.6 Å². The van der Waals surface area contributed by atoms with Gasteiger partial charge in [0, 0.05) is 38.9 Å². The van der Waals surface area contributed by atoms with Gasteiger partial charge in [0.15, 0.2) is 5.96 Å². The van der Waals surface area contributed by atoms with Gasteiger partial charge in [-0.1, -0.05) is 42.5 Å². The van der Waals surface area contributed by atoms with Gasteiger partial charge >= 0.3 is 0 Å². The second-order valence-corrected chi connectivity index (χ2v) is 6.20. The van der Waals surface area contributed by atoms with Crippen LogP contribution in [-0.4, -0.2) is 38.5 Å². The first-order valence-corrected chi connectivity index (χ1v) is 8.83. The highest BCUT2D eigenvalue weighted by atomic mass is 16.2. The Kier molecular flexibility index (Phi) is 6.09. The van der Waals surface area contributed by atoms with Crippen LogP contribution in [0.15, 0.2) is 59.6 Å². The predicted octanol–water partition coefficient (Wildman–Crippen LogP) is 1.49. The van der Waals surface area contributed by atoms with Gasteiger partial charge in [-0.25, -0.2) is 0 Å². The number of nitrogens with one attached hydrogen (secondary N) is 3. The molecular formula is C20H25N5O. The van der Waals surface area contributed by atoms with Gasteiger partial charge in [0.05, 0.1) is 6.54 Å². The van der Waals surface area contributed by atoms with E-state index in [-0.39, 0.29) is 5.91 Å². The van der Waals surface area contributed by atoms with Crippen molar-refractivity contribution < 1.29 is 4.79 Å². The molecule has 3 rings (SSSR count). The summed E-state index contributed by atoms with van der Waals surface area (Å²) < 4.78 is 0. The Morgan fingerprint density at radius 1 is 1.04 bits per heavy atom. The van der Waals surface area contributed by atoms with E-state index in [1.165, 1.54) is 5.56 Å². The van der Waals surface area contributed by atoms with E-state index in [0.29, 0.717) is 19.6 Å². The molecule has 0 atom stereocenters. The van der Waals surface area contributed by atoms with E-state index in [9.17, 15) is 4.79 Å². The van der Waals surface area contributed by atoms with Crippen molar-refractivity contribution in [3.63, 3.8) is 0 Å². The van der Waals surface area contributed by atoms with E-state index in [1.54, 1.807) is 7.05 Å².